The number of ether oxygens (including phenoxy) is 3. The largest absolute Gasteiger partial charge is 0.470 e. The summed E-state index contributed by atoms with van der Waals surface area (Å²) in [5, 5.41) is 4.20. The van der Waals surface area contributed by atoms with E-state index in [1.807, 2.05) is 0 Å². The van der Waals surface area contributed by atoms with Crippen LogP contribution in [0.3, 0.4) is 0 Å². The van der Waals surface area contributed by atoms with Crippen molar-refractivity contribution < 1.29 is 23.4 Å². The van der Waals surface area contributed by atoms with Gasteiger partial charge in [-0.15, -0.1) is 0 Å². The minimum atomic E-state index is -0.887. The van der Waals surface area contributed by atoms with Gasteiger partial charge >= 0.3 is 0 Å². The van der Waals surface area contributed by atoms with Crippen molar-refractivity contribution in [3.05, 3.63) is 71.3 Å². The highest BCUT2D eigenvalue weighted by Crippen LogP contribution is 2.33. The third kappa shape index (κ3) is 4.56. The Morgan fingerprint density at radius 1 is 1.00 bits per heavy atom. The van der Waals surface area contributed by atoms with Crippen molar-refractivity contribution in [1.82, 2.24) is 9.97 Å². The Morgan fingerprint density at radius 2 is 1.68 bits per heavy atom. The second-order valence-corrected chi connectivity index (χ2v) is 6.49. The van der Waals surface area contributed by atoms with Gasteiger partial charge in [-0.2, -0.15) is 14.4 Å². The molecule has 0 amide bonds. The number of aromatic nitrogens is 2. The summed E-state index contributed by atoms with van der Waals surface area (Å²) in [4.78, 5) is 17.0. The van der Waals surface area contributed by atoms with Gasteiger partial charge in [-0.3, -0.25) is 4.99 Å². The second kappa shape index (κ2) is 9.40. The highest BCUT2D eigenvalue weighted by Gasteiger charge is 2.23. The van der Waals surface area contributed by atoms with Gasteiger partial charge in [0.05, 0.1) is 5.02 Å². The van der Waals surface area contributed by atoms with Gasteiger partial charge in [-0.05, 0) is 29.4 Å². The van der Waals surface area contributed by atoms with Crippen LogP contribution >= 0.6 is 11.6 Å². The van der Waals surface area contributed by atoms with Crippen LogP contribution in [0.15, 0.2) is 65.0 Å². The highest BCUT2D eigenvalue weighted by atomic mass is 35.5. The second-order valence-electron chi connectivity index (χ2n) is 6.08. The topological polar surface area (TPSA) is 87.4 Å². The van der Waals surface area contributed by atoms with Crippen molar-refractivity contribution in [3.8, 4) is 23.3 Å². The molecule has 0 spiro atoms. The summed E-state index contributed by atoms with van der Waals surface area (Å²) in [6, 6.07) is 13.5. The van der Waals surface area contributed by atoms with Gasteiger partial charge in [0.25, 0.3) is 17.7 Å². The fraction of sp³-hybridized carbons (Fsp3) is 0.143. The Morgan fingerprint density at radius 3 is 2.35 bits per heavy atom. The molecule has 1 aliphatic rings. The van der Waals surface area contributed by atoms with Crippen LogP contribution in [0.25, 0.3) is 0 Å². The highest BCUT2D eigenvalue weighted by molar-refractivity contribution is 6.46. The number of oxime groups is 1. The molecule has 2 aromatic carbocycles. The van der Waals surface area contributed by atoms with Crippen molar-refractivity contribution >= 4 is 23.2 Å². The van der Waals surface area contributed by atoms with Gasteiger partial charge in [0.15, 0.2) is 6.61 Å². The Bertz CT molecular complexity index is 1160. The minimum absolute atomic E-state index is 0.204. The molecule has 3 aromatic rings. The summed E-state index contributed by atoms with van der Waals surface area (Å²) < 4.78 is 31.8. The molecule has 0 aliphatic carbocycles. The molecule has 10 heteroatoms. The average Bonchev–Trinajstić information content (AvgIpc) is 2.80. The molecule has 1 aliphatic heterocycles. The fourth-order valence-electron chi connectivity index (χ4n) is 2.72. The van der Waals surface area contributed by atoms with E-state index < -0.39 is 5.82 Å². The van der Waals surface area contributed by atoms with E-state index in [-0.39, 0.29) is 29.2 Å². The van der Waals surface area contributed by atoms with Crippen LogP contribution in [0.5, 0.6) is 23.3 Å². The standard InChI is InChI=1S/C21H16ClFN4O4/c1-24-18(21-27-29-11-10-28-21)13-6-2-4-8-15(13)30-19-17(23)20(26-12-25-19)31-16-9-5-3-7-14(16)22/h2-9,12H,10-11H2,1H3/b24-18+. The van der Waals surface area contributed by atoms with Gasteiger partial charge in [-0.1, -0.05) is 35.9 Å². The number of hydrogen-bond acceptors (Lipinski definition) is 8. The zero-order valence-corrected chi connectivity index (χ0v) is 17.0. The zero-order valence-electron chi connectivity index (χ0n) is 16.3. The zero-order chi connectivity index (χ0) is 21.6. The molecule has 0 saturated carbocycles. The van der Waals surface area contributed by atoms with E-state index in [0.717, 1.165) is 6.33 Å². The van der Waals surface area contributed by atoms with Crippen LogP contribution in [0.4, 0.5) is 4.39 Å². The average molecular weight is 443 g/mol. The molecular weight excluding hydrogens is 427 g/mol. The van der Waals surface area contributed by atoms with E-state index >= 15 is 4.39 Å². The van der Waals surface area contributed by atoms with Gasteiger partial charge < -0.3 is 19.0 Å². The number of para-hydroxylation sites is 2. The molecule has 8 nitrogen and oxygen atoms in total. The lowest BCUT2D eigenvalue weighted by atomic mass is 10.1. The quantitative estimate of drug-likeness (QED) is 0.517. The van der Waals surface area contributed by atoms with Crippen LogP contribution in [-0.4, -0.2) is 41.8 Å². The van der Waals surface area contributed by atoms with Crippen molar-refractivity contribution in [1.29, 1.82) is 0 Å². The van der Waals surface area contributed by atoms with E-state index in [4.69, 9.17) is 30.6 Å². The third-order valence-electron chi connectivity index (χ3n) is 4.10. The number of aliphatic imine (C=N–C) groups is 1. The number of hydrogen-bond donors (Lipinski definition) is 0. The molecule has 0 N–H and O–H groups in total. The summed E-state index contributed by atoms with van der Waals surface area (Å²) in [6.45, 7) is 0.684. The minimum Gasteiger partial charge on any atom is -0.470 e. The van der Waals surface area contributed by atoms with Gasteiger partial charge in [-0.25, -0.2) is 0 Å². The van der Waals surface area contributed by atoms with Gasteiger partial charge in [0, 0.05) is 12.6 Å². The molecule has 31 heavy (non-hydrogen) atoms. The maximum Gasteiger partial charge on any atom is 0.276 e. The first-order valence-electron chi connectivity index (χ1n) is 9.17. The molecule has 4 rings (SSSR count). The first-order valence-corrected chi connectivity index (χ1v) is 9.55. The predicted molar refractivity (Wildman–Crippen MR) is 112 cm³/mol. The number of benzene rings is 2. The summed E-state index contributed by atoms with van der Waals surface area (Å²) in [6.07, 6.45) is 1.13. The van der Waals surface area contributed by atoms with Crippen LogP contribution < -0.4 is 9.47 Å². The third-order valence-corrected chi connectivity index (χ3v) is 4.42. The molecule has 0 fully saturated rings. The van der Waals surface area contributed by atoms with Crippen molar-refractivity contribution in [2.75, 3.05) is 20.3 Å². The number of halogens is 2. The van der Waals surface area contributed by atoms with E-state index in [0.29, 0.717) is 29.5 Å². The molecule has 0 radical (unpaired) electrons. The molecular formula is C21H16ClFN4O4. The lowest BCUT2D eigenvalue weighted by Gasteiger charge is -2.17. The fourth-order valence-corrected chi connectivity index (χ4v) is 2.89. The summed E-state index contributed by atoms with van der Waals surface area (Å²) in [5.41, 5.74) is 0.901. The first-order chi connectivity index (χ1) is 15.2. The molecule has 0 saturated heterocycles. The molecule has 0 atom stereocenters. The SMILES string of the molecule is C/N=C(/C1=NOCCO1)c1ccccc1Oc1ncnc(Oc2ccccc2Cl)c1F. The van der Waals surface area contributed by atoms with E-state index in [2.05, 4.69) is 20.1 Å². The van der Waals surface area contributed by atoms with Crippen molar-refractivity contribution in [2.24, 2.45) is 10.1 Å². The summed E-state index contributed by atoms with van der Waals surface area (Å²) >= 11 is 6.07. The van der Waals surface area contributed by atoms with E-state index in [1.54, 1.807) is 55.6 Å². The number of rotatable bonds is 6. The van der Waals surface area contributed by atoms with Gasteiger partial charge in [0.2, 0.25) is 5.82 Å². The molecule has 1 aromatic heterocycles. The van der Waals surface area contributed by atoms with E-state index in [9.17, 15) is 0 Å². The summed E-state index contributed by atoms with van der Waals surface area (Å²) in [7, 11) is 1.58. The Hall–Kier alpha value is -3.72. The lowest BCUT2D eigenvalue weighted by molar-refractivity contribution is 0.0676. The Labute approximate surface area is 181 Å². The van der Waals surface area contributed by atoms with Crippen LogP contribution in [0.1, 0.15) is 5.56 Å². The van der Waals surface area contributed by atoms with E-state index in [1.165, 1.54) is 0 Å². The molecule has 2 heterocycles. The smallest absolute Gasteiger partial charge is 0.276 e. The Balaban J connectivity index is 1.65. The lowest BCUT2D eigenvalue weighted by Crippen LogP contribution is -2.25. The van der Waals surface area contributed by atoms with Crippen LogP contribution in [0, 0.1) is 5.82 Å². The predicted octanol–water partition coefficient (Wildman–Crippen LogP) is 4.63. The maximum atomic E-state index is 15.0. The van der Waals surface area contributed by atoms with Gasteiger partial charge in [0.1, 0.15) is 30.1 Å². The number of nitrogens with zero attached hydrogens (tertiary/aromatic N) is 4. The first kappa shape index (κ1) is 20.5. The van der Waals surface area contributed by atoms with Crippen LogP contribution in [-0.2, 0) is 9.57 Å². The molecule has 0 bridgehead atoms. The maximum absolute atomic E-state index is 15.0. The van der Waals surface area contributed by atoms with Crippen molar-refractivity contribution in [2.45, 2.75) is 0 Å². The van der Waals surface area contributed by atoms with Crippen LogP contribution in [0.2, 0.25) is 5.02 Å². The molecule has 0 unspecified atom stereocenters. The van der Waals surface area contributed by atoms with Crippen molar-refractivity contribution in [3.63, 3.8) is 0 Å². The Kier molecular flexibility index (Phi) is 6.23. The monoisotopic (exact) mass is 442 g/mol. The summed E-state index contributed by atoms with van der Waals surface area (Å²) in [5.74, 6) is -0.809. The normalized spacial score (nSPS) is 13.6. The molecule has 158 valence electrons.